The van der Waals surface area contributed by atoms with Gasteiger partial charge in [0.2, 0.25) is 0 Å². The summed E-state index contributed by atoms with van der Waals surface area (Å²) in [5.41, 5.74) is -4.82. The number of nitrogens with zero attached hydrogens (tertiary/aromatic N) is 1. The van der Waals surface area contributed by atoms with Crippen LogP contribution in [0, 0.1) is 12.7 Å². The third-order valence-electron chi connectivity index (χ3n) is 3.86. The Morgan fingerprint density at radius 2 is 1.71 bits per heavy atom. The number of aryl methyl sites for hydroxylation is 1. The van der Waals surface area contributed by atoms with Crippen molar-refractivity contribution in [3.05, 3.63) is 58.9 Å². The Hall–Kier alpha value is -2.62. The summed E-state index contributed by atoms with van der Waals surface area (Å²) in [6, 6.07) is 7.73. The molecule has 0 saturated heterocycles. The summed E-state index contributed by atoms with van der Waals surface area (Å²) >= 11 is 0. The molecule has 0 radical (unpaired) electrons. The van der Waals surface area contributed by atoms with Gasteiger partial charge in [-0.1, -0.05) is 0 Å². The van der Waals surface area contributed by atoms with Crippen LogP contribution in [-0.2, 0) is 10.1 Å². The Kier molecular flexibility index (Phi) is 4.65. The lowest BCUT2D eigenvalue weighted by Crippen LogP contribution is -2.33. The Labute approximate surface area is 158 Å². The maximum Gasteiger partial charge on any atom is 0.534 e. The fraction of sp³-hybridized carbons (Fsp3) is 0.278. The third-order valence-corrected chi connectivity index (χ3v) is 4.84. The molecule has 0 N–H and O–H groups in total. The lowest BCUT2D eigenvalue weighted by Gasteiger charge is -2.31. The molecule has 3 rings (SSSR count). The number of halogens is 4. The molecule has 1 heterocycles. The van der Waals surface area contributed by atoms with Crippen LogP contribution < -0.4 is 8.92 Å². The quantitative estimate of drug-likeness (QED) is 0.424. The van der Waals surface area contributed by atoms with Crippen LogP contribution in [0.15, 0.2) is 41.4 Å². The molecule has 5 nitrogen and oxygen atoms in total. The number of alkyl halides is 3. The highest BCUT2D eigenvalue weighted by Gasteiger charge is 2.48. The second kappa shape index (κ2) is 6.47. The van der Waals surface area contributed by atoms with E-state index in [0.29, 0.717) is 22.4 Å². The molecule has 0 spiro atoms. The number of hydrogen-bond donors (Lipinski definition) is 0. The van der Waals surface area contributed by atoms with Gasteiger partial charge in [-0.3, -0.25) is 0 Å². The molecule has 0 saturated carbocycles. The summed E-state index contributed by atoms with van der Waals surface area (Å²) in [5, 5.41) is 0. The van der Waals surface area contributed by atoms with Crippen LogP contribution in [0.25, 0.3) is 0 Å². The molecule has 0 bridgehead atoms. The average Bonchev–Trinajstić information content (AvgIpc) is 2.51. The minimum atomic E-state index is -5.82. The molecule has 2 aromatic rings. The van der Waals surface area contributed by atoms with Crippen molar-refractivity contribution in [3.8, 4) is 11.5 Å². The minimum Gasteiger partial charge on any atom is -0.466 e. The molecule has 150 valence electrons. The lowest BCUT2D eigenvalue weighted by atomic mass is 9.95. The summed E-state index contributed by atoms with van der Waals surface area (Å²) in [5.74, 6) is -0.870. The highest BCUT2D eigenvalue weighted by atomic mass is 32.2. The Morgan fingerprint density at radius 3 is 2.29 bits per heavy atom. The summed E-state index contributed by atoms with van der Waals surface area (Å²) in [6.45, 7) is 4.79. The standard InChI is InChI=1S/C18H15F4NO4S/c1-10-8-13(27-28(24,25)18(20,21)22)9-14-15(10)16(23-17(2,3)26-14)11-4-6-12(19)7-5-11/h4-9H,1-3H3. The molecule has 0 amide bonds. The van der Waals surface area contributed by atoms with E-state index in [9.17, 15) is 26.0 Å². The van der Waals surface area contributed by atoms with E-state index in [-0.39, 0.29) is 5.75 Å². The van der Waals surface area contributed by atoms with Gasteiger partial charge in [0, 0.05) is 17.2 Å². The normalized spacial score (nSPS) is 16.0. The van der Waals surface area contributed by atoms with Gasteiger partial charge in [0.25, 0.3) is 0 Å². The smallest absolute Gasteiger partial charge is 0.466 e. The van der Waals surface area contributed by atoms with Crippen LogP contribution in [0.4, 0.5) is 17.6 Å². The van der Waals surface area contributed by atoms with Crippen molar-refractivity contribution in [2.45, 2.75) is 32.0 Å². The Bertz CT molecular complexity index is 1060. The molecule has 0 atom stereocenters. The zero-order valence-corrected chi connectivity index (χ0v) is 15.8. The number of hydrogen-bond acceptors (Lipinski definition) is 5. The molecule has 0 aromatic heterocycles. The van der Waals surface area contributed by atoms with E-state index in [2.05, 4.69) is 9.18 Å². The SMILES string of the molecule is Cc1cc(OS(=O)(=O)C(F)(F)F)cc2c1C(c1ccc(F)cc1)=NC(C)(C)O2. The van der Waals surface area contributed by atoms with E-state index < -0.39 is 32.9 Å². The van der Waals surface area contributed by atoms with Crippen LogP contribution in [0.3, 0.4) is 0 Å². The first-order valence-corrected chi connectivity index (χ1v) is 9.40. The second-order valence-corrected chi connectivity index (χ2v) is 8.15. The fourth-order valence-electron chi connectivity index (χ4n) is 2.76. The third kappa shape index (κ3) is 3.82. The number of benzene rings is 2. The molecule has 0 fully saturated rings. The zero-order valence-electron chi connectivity index (χ0n) is 15.0. The van der Waals surface area contributed by atoms with Gasteiger partial charge in [0.1, 0.15) is 17.3 Å². The maximum absolute atomic E-state index is 13.3. The van der Waals surface area contributed by atoms with Gasteiger partial charge in [0.05, 0.1) is 5.71 Å². The average molecular weight is 417 g/mol. The van der Waals surface area contributed by atoms with Crippen molar-refractivity contribution in [2.75, 3.05) is 0 Å². The maximum atomic E-state index is 13.3. The highest BCUT2D eigenvalue weighted by Crippen LogP contribution is 2.39. The van der Waals surface area contributed by atoms with Crippen molar-refractivity contribution in [1.82, 2.24) is 0 Å². The largest absolute Gasteiger partial charge is 0.534 e. The van der Waals surface area contributed by atoms with E-state index in [1.54, 1.807) is 20.8 Å². The first-order chi connectivity index (χ1) is 12.8. The van der Waals surface area contributed by atoms with E-state index in [1.165, 1.54) is 24.3 Å². The predicted molar refractivity (Wildman–Crippen MR) is 93.5 cm³/mol. The predicted octanol–water partition coefficient (Wildman–Crippen LogP) is 4.33. The first-order valence-electron chi connectivity index (χ1n) is 8.00. The topological polar surface area (TPSA) is 65.0 Å². The van der Waals surface area contributed by atoms with Gasteiger partial charge in [0.15, 0.2) is 5.72 Å². The van der Waals surface area contributed by atoms with Crippen molar-refractivity contribution in [3.63, 3.8) is 0 Å². The number of fused-ring (bicyclic) bond motifs is 1. The number of rotatable bonds is 3. The monoisotopic (exact) mass is 417 g/mol. The molecule has 2 aromatic carbocycles. The van der Waals surface area contributed by atoms with Gasteiger partial charge < -0.3 is 8.92 Å². The lowest BCUT2D eigenvalue weighted by molar-refractivity contribution is -0.0500. The summed E-state index contributed by atoms with van der Waals surface area (Å²) in [4.78, 5) is 4.49. The van der Waals surface area contributed by atoms with Crippen LogP contribution in [0.2, 0.25) is 0 Å². The van der Waals surface area contributed by atoms with Crippen LogP contribution in [-0.4, -0.2) is 25.4 Å². The molecule has 1 aliphatic heterocycles. The molecular weight excluding hydrogens is 402 g/mol. The van der Waals surface area contributed by atoms with Crippen molar-refractivity contribution in [2.24, 2.45) is 4.99 Å². The van der Waals surface area contributed by atoms with E-state index in [0.717, 1.165) is 12.1 Å². The van der Waals surface area contributed by atoms with Gasteiger partial charge in [-0.25, -0.2) is 9.38 Å². The summed E-state index contributed by atoms with van der Waals surface area (Å²) < 4.78 is 83.6. The minimum absolute atomic E-state index is 0.103. The van der Waals surface area contributed by atoms with E-state index >= 15 is 0 Å². The van der Waals surface area contributed by atoms with Crippen molar-refractivity contribution < 1.29 is 34.9 Å². The van der Waals surface area contributed by atoms with Gasteiger partial charge in [-0.05, 0) is 56.7 Å². The molecule has 1 aliphatic rings. The van der Waals surface area contributed by atoms with Crippen LogP contribution in [0.1, 0.15) is 30.5 Å². The molecule has 10 heteroatoms. The number of ether oxygens (including phenoxy) is 1. The first kappa shape index (κ1) is 20.1. The fourth-order valence-corrected chi connectivity index (χ4v) is 3.21. The summed E-state index contributed by atoms with van der Waals surface area (Å²) in [7, 11) is -5.82. The second-order valence-electron chi connectivity index (χ2n) is 6.61. The van der Waals surface area contributed by atoms with Crippen LogP contribution in [0.5, 0.6) is 11.5 Å². The summed E-state index contributed by atoms with van der Waals surface area (Å²) in [6.07, 6.45) is 0. The van der Waals surface area contributed by atoms with Crippen LogP contribution >= 0.6 is 0 Å². The van der Waals surface area contributed by atoms with Crippen molar-refractivity contribution >= 4 is 15.8 Å². The molecular formula is C18H15F4NO4S. The molecule has 28 heavy (non-hydrogen) atoms. The zero-order chi connectivity index (χ0) is 20.9. The Balaban J connectivity index is 2.12. The number of aliphatic imine (C=N–C) groups is 1. The Morgan fingerprint density at radius 1 is 1.11 bits per heavy atom. The van der Waals surface area contributed by atoms with E-state index in [1.807, 2.05) is 0 Å². The van der Waals surface area contributed by atoms with Gasteiger partial charge >= 0.3 is 15.6 Å². The van der Waals surface area contributed by atoms with Gasteiger partial charge in [-0.2, -0.15) is 21.6 Å². The molecule has 0 unspecified atom stereocenters. The van der Waals surface area contributed by atoms with Gasteiger partial charge in [-0.15, -0.1) is 0 Å². The van der Waals surface area contributed by atoms with E-state index in [4.69, 9.17) is 4.74 Å². The highest BCUT2D eigenvalue weighted by molar-refractivity contribution is 7.88. The van der Waals surface area contributed by atoms with Crippen molar-refractivity contribution in [1.29, 1.82) is 0 Å². The molecule has 0 aliphatic carbocycles.